The molecule has 148 valence electrons. The van der Waals surface area contributed by atoms with Crippen molar-refractivity contribution in [1.82, 2.24) is 30.0 Å². The number of nitrogens with zero attached hydrogens (tertiary/aromatic N) is 5. The van der Waals surface area contributed by atoms with Crippen LogP contribution in [-0.4, -0.2) is 50.8 Å². The van der Waals surface area contributed by atoms with E-state index in [1.165, 1.54) is 5.56 Å². The van der Waals surface area contributed by atoms with Gasteiger partial charge in [0.15, 0.2) is 5.65 Å². The van der Waals surface area contributed by atoms with Crippen molar-refractivity contribution in [1.29, 1.82) is 0 Å². The third kappa shape index (κ3) is 5.13. The minimum Gasteiger partial charge on any atom is -0.356 e. The van der Waals surface area contributed by atoms with Crippen molar-refractivity contribution in [3.8, 4) is 0 Å². The average molecular weight is 380 g/mol. The Hall–Kier alpha value is -2.80. The van der Waals surface area contributed by atoms with Gasteiger partial charge in [0.2, 0.25) is 5.91 Å². The van der Waals surface area contributed by atoms with Crippen LogP contribution in [-0.2, 0) is 17.8 Å². The standard InChI is InChI=1S/C21H28N6O/c1-16-19(17(2)25-27-15-23-24-21(16)27)10-11-20(28)22-12-7-13-26(3)14-18-8-5-4-6-9-18/h4-6,8-9,15H,7,10-14H2,1-3H3,(H,22,28). The fourth-order valence-electron chi connectivity index (χ4n) is 3.42. The smallest absolute Gasteiger partial charge is 0.220 e. The molecule has 0 saturated heterocycles. The van der Waals surface area contributed by atoms with E-state index < -0.39 is 0 Å². The molecule has 0 radical (unpaired) electrons. The normalized spacial score (nSPS) is 11.3. The van der Waals surface area contributed by atoms with Gasteiger partial charge < -0.3 is 10.2 Å². The van der Waals surface area contributed by atoms with Crippen LogP contribution in [0.5, 0.6) is 0 Å². The van der Waals surface area contributed by atoms with Gasteiger partial charge in [0, 0.05) is 25.1 Å². The molecule has 3 aromatic rings. The summed E-state index contributed by atoms with van der Waals surface area (Å²) in [4.78, 5) is 14.5. The molecule has 1 amide bonds. The van der Waals surface area contributed by atoms with E-state index >= 15 is 0 Å². The molecule has 0 aliphatic heterocycles. The van der Waals surface area contributed by atoms with E-state index in [4.69, 9.17) is 0 Å². The van der Waals surface area contributed by atoms with Crippen molar-refractivity contribution in [2.24, 2.45) is 0 Å². The molecule has 2 heterocycles. The SMILES string of the molecule is Cc1nn2cnnc2c(C)c1CCC(=O)NCCCN(C)Cc1ccccc1. The Balaban J connectivity index is 1.39. The van der Waals surface area contributed by atoms with Crippen molar-refractivity contribution in [2.75, 3.05) is 20.1 Å². The largest absolute Gasteiger partial charge is 0.356 e. The topological polar surface area (TPSA) is 75.4 Å². The van der Waals surface area contributed by atoms with E-state index in [2.05, 4.69) is 56.8 Å². The van der Waals surface area contributed by atoms with E-state index in [0.717, 1.165) is 42.0 Å². The van der Waals surface area contributed by atoms with Crippen LogP contribution in [0, 0.1) is 13.8 Å². The first kappa shape index (κ1) is 19.9. The van der Waals surface area contributed by atoms with Crippen LogP contribution in [0.2, 0.25) is 0 Å². The van der Waals surface area contributed by atoms with Crippen LogP contribution < -0.4 is 5.32 Å². The van der Waals surface area contributed by atoms with Crippen molar-refractivity contribution in [3.63, 3.8) is 0 Å². The molecule has 7 nitrogen and oxygen atoms in total. The lowest BCUT2D eigenvalue weighted by Crippen LogP contribution is -2.28. The Morgan fingerprint density at radius 2 is 2.00 bits per heavy atom. The van der Waals surface area contributed by atoms with Gasteiger partial charge in [0.1, 0.15) is 6.33 Å². The molecule has 1 aromatic carbocycles. The van der Waals surface area contributed by atoms with Crippen LogP contribution >= 0.6 is 0 Å². The number of aryl methyl sites for hydroxylation is 2. The molecular formula is C21H28N6O. The van der Waals surface area contributed by atoms with E-state index in [1.54, 1.807) is 10.8 Å². The third-order valence-electron chi connectivity index (χ3n) is 4.95. The molecule has 3 rings (SSSR count). The van der Waals surface area contributed by atoms with Crippen LogP contribution in [0.25, 0.3) is 5.65 Å². The molecule has 0 aliphatic carbocycles. The second kappa shape index (κ2) is 9.41. The van der Waals surface area contributed by atoms with E-state index in [0.29, 0.717) is 19.4 Å². The number of carbonyl (C=O) groups excluding carboxylic acids is 1. The van der Waals surface area contributed by atoms with Gasteiger partial charge in [-0.1, -0.05) is 30.3 Å². The maximum atomic E-state index is 12.2. The van der Waals surface area contributed by atoms with E-state index in [9.17, 15) is 4.79 Å². The van der Waals surface area contributed by atoms with E-state index in [-0.39, 0.29) is 5.91 Å². The molecule has 28 heavy (non-hydrogen) atoms. The van der Waals surface area contributed by atoms with Crippen LogP contribution in [0.15, 0.2) is 36.7 Å². The highest BCUT2D eigenvalue weighted by Crippen LogP contribution is 2.17. The second-order valence-corrected chi connectivity index (χ2v) is 7.21. The molecule has 0 unspecified atom stereocenters. The second-order valence-electron chi connectivity index (χ2n) is 7.21. The summed E-state index contributed by atoms with van der Waals surface area (Å²) >= 11 is 0. The lowest BCUT2D eigenvalue weighted by Gasteiger charge is -2.16. The zero-order valence-electron chi connectivity index (χ0n) is 16.9. The average Bonchev–Trinajstić information content (AvgIpc) is 3.14. The van der Waals surface area contributed by atoms with Gasteiger partial charge in [-0.05, 0) is 51.4 Å². The van der Waals surface area contributed by atoms with Crippen molar-refractivity contribution in [3.05, 3.63) is 59.0 Å². The number of aromatic nitrogens is 4. The molecule has 0 saturated carbocycles. The van der Waals surface area contributed by atoms with Crippen molar-refractivity contribution in [2.45, 2.75) is 39.7 Å². The van der Waals surface area contributed by atoms with Crippen molar-refractivity contribution >= 4 is 11.6 Å². The van der Waals surface area contributed by atoms with Crippen LogP contribution in [0.3, 0.4) is 0 Å². The van der Waals surface area contributed by atoms with Crippen LogP contribution in [0.4, 0.5) is 0 Å². The number of rotatable bonds is 9. The minimum atomic E-state index is 0.0749. The highest BCUT2D eigenvalue weighted by molar-refractivity contribution is 5.76. The summed E-state index contributed by atoms with van der Waals surface area (Å²) in [5, 5.41) is 15.5. The summed E-state index contributed by atoms with van der Waals surface area (Å²) in [5.74, 6) is 0.0749. The third-order valence-corrected chi connectivity index (χ3v) is 4.95. The number of nitrogens with one attached hydrogen (secondary N) is 1. The lowest BCUT2D eigenvalue weighted by atomic mass is 10.0. The van der Waals surface area contributed by atoms with Gasteiger partial charge in [-0.15, -0.1) is 10.2 Å². The van der Waals surface area contributed by atoms with Gasteiger partial charge in [0.25, 0.3) is 0 Å². The minimum absolute atomic E-state index is 0.0749. The number of hydrogen-bond acceptors (Lipinski definition) is 5. The first-order valence-electron chi connectivity index (χ1n) is 9.70. The maximum Gasteiger partial charge on any atom is 0.220 e. The van der Waals surface area contributed by atoms with Gasteiger partial charge in [0.05, 0.1) is 5.69 Å². The van der Waals surface area contributed by atoms with Gasteiger partial charge in [-0.25, -0.2) is 4.52 Å². The lowest BCUT2D eigenvalue weighted by molar-refractivity contribution is -0.121. The fourth-order valence-corrected chi connectivity index (χ4v) is 3.42. The number of hydrogen-bond donors (Lipinski definition) is 1. The Morgan fingerprint density at radius 3 is 2.79 bits per heavy atom. The summed E-state index contributed by atoms with van der Waals surface area (Å²) in [7, 11) is 2.11. The Morgan fingerprint density at radius 1 is 1.21 bits per heavy atom. The number of benzene rings is 1. The molecular weight excluding hydrogens is 352 g/mol. The predicted octanol–water partition coefficient (Wildman–Crippen LogP) is 2.31. The summed E-state index contributed by atoms with van der Waals surface area (Å²) in [6, 6.07) is 10.4. The molecule has 0 aliphatic rings. The Labute approximate surface area is 165 Å². The Bertz CT molecular complexity index is 921. The quantitative estimate of drug-likeness (QED) is 0.577. The highest BCUT2D eigenvalue weighted by Gasteiger charge is 2.12. The first-order valence-corrected chi connectivity index (χ1v) is 9.70. The highest BCUT2D eigenvalue weighted by atomic mass is 16.1. The monoisotopic (exact) mass is 380 g/mol. The summed E-state index contributed by atoms with van der Waals surface area (Å²) in [6.45, 7) is 6.53. The summed E-state index contributed by atoms with van der Waals surface area (Å²) < 4.78 is 1.68. The summed E-state index contributed by atoms with van der Waals surface area (Å²) in [5.41, 5.74) is 5.10. The maximum absolute atomic E-state index is 12.2. The zero-order chi connectivity index (χ0) is 19.9. The van der Waals surface area contributed by atoms with Crippen molar-refractivity contribution < 1.29 is 4.79 Å². The van der Waals surface area contributed by atoms with Gasteiger partial charge >= 0.3 is 0 Å². The molecule has 0 spiro atoms. The first-order chi connectivity index (χ1) is 13.5. The number of amides is 1. The molecule has 1 N–H and O–H groups in total. The number of carbonyl (C=O) groups is 1. The molecule has 0 bridgehead atoms. The molecule has 2 aromatic heterocycles. The molecule has 0 atom stereocenters. The zero-order valence-corrected chi connectivity index (χ0v) is 16.9. The van der Waals surface area contributed by atoms with Gasteiger partial charge in [-0.2, -0.15) is 5.10 Å². The van der Waals surface area contributed by atoms with Crippen LogP contribution in [0.1, 0.15) is 35.2 Å². The Kier molecular flexibility index (Phi) is 6.71. The fraction of sp³-hybridized carbons (Fsp3) is 0.429. The predicted molar refractivity (Wildman–Crippen MR) is 109 cm³/mol. The number of fused-ring (bicyclic) bond motifs is 1. The molecule has 0 fully saturated rings. The summed E-state index contributed by atoms with van der Waals surface area (Å²) in [6.07, 6.45) is 3.64. The van der Waals surface area contributed by atoms with E-state index in [1.807, 2.05) is 19.9 Å². The van der Waals surface area contributed by atoms with Gasteiger partial charge in [-0.3, -0.25) is 4.79 Å². The molecule has 7 heteroatoms.